The van der Waals surface area contributed by atoms with Crippen LogP contribution in [0.5, 0.6) is 11.5 Å². The zero-order chi connectivity index (χ0) is 20.1. The van der Waals surface area contributed by atoms with Crippen LogP contribution in [0.15, 0.2) is 48.5 Å². The second-order valence-electron chi connectivity index (χ2n) is 7.44. The smallest absolute Gasteiger partial charge is 0.329 e. The van der Waals surface area contributed by atoms with Gasteiger partial charge in [-0.1, -0.05) is 30.3 Å². The Hall–Kier alpha value is -3.22. The lowest BCUT2D eigenvalue weighted by Crippen LogP contribution is -2.47. The summed E-state index contributed by atoms with van der Waals surface area (Å²) in [6.45, 7) is 5.52. The van der Waals surface area contributed by atoms with Gasteiger partial charge in [0, 0.05) is 18.2 Å². The van der Waals surface area contributed by atoms with Crippen LogP contribution in [0.3, 0.4) is 0 Å². The van der Waals surface area contributed by atoms with E-state index in [4.69, 9.17) is 14.2 Å². The summed E-state index contributed by atoms with van der Waals surface area (Å²) in [7, 11) is 0. The average Bonchev–Trinajstić information content (AvgIpc) is 3.08. The largest absolute Gasteiger partial charge is 0.458 e. The molecule has 0 unspecified atom stereocenters. The molecule has 2 N–H and O–H groups in total. The van der Waals surface area contributed by atoms with Crippen molar-refractivity contribution in [3.63, 3.8) is 0 Å². The lowest BCUT2D eigenvalue weighted by atomic mass is 10.1. The number of amides is 2. The van der Waals surface area contributed by atoms with Gasteiger partial charge in [0.2, 0.25) is 6.79 Å². The first kappa shape index (κ1) is 19.5. The van der Waals surface area contributed by atoms with Crippen LogP contribution in [0.4, 0.5) is 10.5 Å². The van der Waals surface area contributed by atoms with Crippen LogP contribution in [-0.2, 0) is 16.0 Å². The minimum absolute atomic E-state index is 0.156. The molecular weight excluding hydrogens is 360 g/mol. The predicted molar refractivity (Wildman–Crippen MR) is 104 cm³/mol. The Labute approximate surface area is 164 Å². The molecule has 1 aliphatic rings. The molecule has 1 heterocycles. The number of carbonyl (C=O) groups is 2. The number of ether oxygens (including phenoxy) is 3. The van der Waals surface area contributed by atoms with E-state index in [0.717, 1.165) is 5.56 Å². The maximum Gasteiger partial charge on any atom is 0.329 e. The molecule has 28 heavy (non-hydrogen) atoms. The minimum atomic E-state index is -0.823. The molecule has 0 radical (unpaired) electrons. The standard InChI is InChI=1S/C21H24N2O5/c1-21(2,3)28-19(24)16(11-14-7-5-4-6-8-14)23-20(25)22-15-9-10-17-18(12-15)27-13-26-17/h4-10,12,16H,11,13H2,1-3H3,(H2,22,23,25)/t16-/m0/s1. The molecular formula is C21H24N2O5. The fourth-order valence-corrected chi connectivity index (χ4v) is 2.72. The van der Waals surface area contributed by atoms with Gasteiger partial charge in [0.1, 0.15) is 11.6 Å². The van der Waals surface area contributed by atoms with Gasteiger partial charge in [-0.3, -0.25) is 0 Å². The van der Waals surface area contributed by atoms with Gasteiger partial charge in [-0.15, -0.1) is 0 Å². The summed E-state index contributed by atoms with van der Waals surface area (Å²) in [5.74, 6) is 0.699. The molecule has 2 aromatic carbocycles. The number of nitrogens with one attached hydrogen (secondary N) is 2. The van der Waals surface area contributed by atoms with Crippen molar-refractivity contribution < 1.29 is 23.8 Å². The number of esters is 1. The van der Waals surface area contributed by atoms with Gasteiger partial charge in [-0.2, -0.15) is 0 Å². The fraction of sp³-hybridized carbons (Fsp3) is 0.333. The number of fused-ring (bicyclic) bond motifs is 1. The van der Waals surface area contributed by atoms with Gasteiger partial charge in [-0.25, -0.2) is 9.59 Å². The number of hydrogen-bond acceptors (Lipinski definition) is 5. The van der Waals surface area contributed by atoms with Gasteiger partial charge in [-0.05, 0) is 38.5 Å². The summed E-state index contributed by atoms with van der Waals surface area (Å²) in [5, 5.41) is 5.42. The third-order valence-electron chi connectivity index (χ3n) is 3.91. The molecule has 0 aromatic heterocycles. The number of hydrogen-bond donors (Lipinski definition) is 2. The molecule has 1 aliphatic heterocycles. The van der Waals surface area contributed by atoms with Crippen LogP contribution in [-0.4, -0.2) is 30.4 Å². The van der Waals surface area contributed by atoms with Crippen LogP contribution in [0, 0.1) is 0 Å². The number of urea groups is 1. The minimum Gasteiger partial charge on any atom is -0.458 e. The third-order valence-corrected chi connectivity index (χ3v) is 3.91. The average molecular weight is 384 g/mol. The Morgan fingerprint density at radius 3 is 2.50 bits per heavy atom. The highest BCUT2D eigenvalue weighted by Gasteiger charge is 2.27. The summed E-state index contributed by atoms with van der Waals surface area (Å²) in [5.41, 5.74) is 0.799. The highest BCUT2D eigenvalue weighted by Crippen LogP contribution is 2.34. The van der Waals surface area contributed by atoms with E-state index in [2.05, 4.69) is 10.6 Å². The van der Waals surface area contributed by atoms with Crippen LogP contribution >= 0.6 is 0 Å². The first-order valence-electron chi connectivity index (χ1n) is 9.04. The molecule has 0 bridgehead atoms. The Morgan fingerprint density at radius 2 is 1.79 bits per heavy atom. The second kappa shape index (κ2) is 8.21. The third kappa shape index (κ3) is 5.39. The van der Waals surface area contributed by atoms with Crippen LogP contribution in [0.25, 0.3) is 0 Å². The molecule has 1 atom stereocenters. The molecule has 0 aliphatic carbocycles. The topological polar surface area (TPSA) is 85.9 Å². The first-order chi connectivity index (χ1) is 13.3. The Morgan fingerprint density at radius 1 is 1.07 bits per heavy atom. The summed E-state index contributed by atoms with van der Waals surface area (Å²) < 4.78 is 16.0. The summed E-state index contributed by atoms with van der Waals surface area (Å²) >= 11 is 0. The van der Waals surface area contributed by atoms with E-state index in [1.807, 2.05) is 30.3 Å². The van der Waals surface area contributed by atoms with Crippen molar-refractivity contribution in [3.05, 3.63) is 54.1 Å². The van der Waals surface area contributed by atoms with E-state index < -0.39 is 23.6 Å². The van der Waals surface area contributed by atoms with Crippen LogP contribution in [0.2, 0.25) is 0 Å². The van der Waals surface area contributed by atoms with Crippen molar-refractivity contribution in [1.29, 1.82) is 0 Å². The summed E-state index contributed by atoms with van der Waals surface area (Å²) in [4.78, 5) is 25.1. The Balaban J connectivity index is 1.68. The SMILES string of the molecule is CC(C)(C)OC(=O)[C@H](Cc1ccccc1)NC(=O)Nc1ccc2c(c1)OCO2. The Bertz CT molecular complexity index is 846. The van der Waals surface area contributed by atoms with Crippen molar-refractivity contribution in [2.45, 2.75) is 38.8 Å². The van der Waals surface area contributed by atoms with Crippen molar-refractivity contribution in [3.8, 4) is 11.5 Å². The number of carbonyl (C=O) groups excluding carboxylic acids is 2. The number of rotatable bonds is 5. The van der Waals surface area contributed by atoms with Gasteiger partial charge in [0.15, 0.2) is 11.5 Å². The molecule has 0 saturated carbocycles. The molecule has 0 spiro atoms. The molecule has 0 fully saturated rings. The van der Waals surface area contributed by atoms with Gasteiger partial charge < -0.3 is 24.8 Å². The highest BCUT2D eigenvalue weighted by atomic mass is 16.7. The van der Waals surface area contributed by atoms with E-state index in [1.54, 1.807) is 39.0 Å². The van der Waals surface area contributed by atoms with Crippen LogP contribution in [0.1, 0.15) is 26.3 Å². The summed E-state index contributed by atoms with van der Waals surface area (Å²) in [6.07, 6.45) is 0.324. The van der Waals surface area contributed by atoms with Crippen molar-refractivity contribution >= 4 is 17.7 Å². The van der Waals surface area contributed by atoms with E-state index >= 15 is 0 Å². The predicted octanol–water partition coefficient (Wildman–Crippen LogP) is 3.49. The maximum atomic E-state index is 12.6. The first-order valence-corrected chi connectivity index (χ1v) is 9.04. The van der Waals surface area contributed by atoms with Gasteiger partial charge >= 0.3 is 12.0 Å². The zero-order valence-electron chi connectivity index (χ0n) is 16.2. The molecule has 7 nitrogen and oxygen atoms in total. The lowest BCUT2D eigenvalue weighted by molar-refractivity contribution is -0.157. The summed E-state index contributed by atoms with van der Waals surface area (Å²) in [6, 6.07) is 13.2. The fourth-order valence-electron chi connectivity index (χ4n) is 2.72. The van der Waals surface area contributed by atoms with E-state index in [-0.39, 0.29) is 6.79 Å². The monoisotopic (exact) mass is 384 g/mol. The number of anilines is 1. The van der Waals surface area contributed by atoms with Gasteiger partial charge in [0.05, 0.1) is 0 Å². The van der Waals surface area contributed by atoms with E-state index in [0.29, 0.717) is 23.6 Å². The van der Waals surface area contributed by atoms with E-state index in [9.17, 15) is 9.59 Å². The molecule has 0 saturated heterocycles. The molecule has 7 heteroatoms. The zero-order valence-corrected chi connectivity index (χ0v) is 16.2. The van der Waals surface area contributed by atoms with Crippen molar-refractivity contribution in [2.75, 3.05) is 12.1 Å². The normalized spacial score (nSPS) is 13.5. The van der Waals surface area contributed by atoms with Gasteiger partial charge in [0.25, 0.3) is 0 Å². The maximum absolute atomic E-state index is 12.6. The molecule has 2 aromatic rings. The highest BCUT2D eigenvalue weighted by molar-refractivity contribution is 5.93. The molecule has 148 valence electrons. The lowest BCUT2D eigenvalue weighted by Gasteiger charge is -2.24. The second-order valence-corrected chi connectivity index (χ2v) is 7.44. The molecule has 3 rings (SSSR count). The van der Waals surface area contributed by atoms with E-state index in [1.165, 1.54) is 0 Å². The van der Waals surface area contributed by atoms with Crippen LogP contribution < -0.4 is 20.1 Å². The van der Waals surface area contributed by atoms with Crippen molar-refractivity contribution in [1.82, 2.24) is 5.32 Å². The Kier molecular flexibility index (Phi) is 5.73. The molecule has 2 amide bonds. The quantitative estimate of drug-likeness (QED) is 0.771. The van der Waals surface area contributed by atoms with Crippen molar-refractivity contribution in [2.24, 2.45) is 0 Å². The number of benzene rings is 2.